The predicted molar refractivity (Wildman–Crippen MR) is 62.0 cm³/mol. The van der Waals surface area contributed by atoms with Gasteiger partial charge in [0.25, 0.3) is 0 Å². The van der Waals surface area contributed by atoms with Gasteiger partial charge >= 0.3 is 5.97 Å². The highest BCUT2D eigenvalue weighted by molar-refractivity contribution is 5.81. The number of rotatable bonds is 6. The van der Waals surface area contributed by atoms with Crippen LogP contribution in [0.1, 0.15) is 20.8 Å². The Balaban J connectivity index is 3.96. The van der Waals surface area contributed by atoms with E-state index in [2.05, 4.69) is 5.32 Å². The third-order valence-electron chi connectivity index (χ3n) is 2.23. The maximum Gasteiger partial charge on any atom is 0.309 e. The number of amides is 1. The van der Waals surface area contributed by atoms with Crippen LogP contribution in [0, 0.1) is 5.92 Å². The van der Waals surface area contributed by atoms with Crippen molar-refractivity contribution in [1.29, 1.82) is 0 Å². The average molecular weight is 230 g/mol. The third-order valence-corrected chi connectivity index (χ3v) is 2.23. The van der Waals surface area contributed by atoms with Crippen molar-refractivity contribution in [2.75, 3.05) is 27.2 Å². The van der Waals surface area contributed by atoms with Crippen molar-refractivity contribution in [3.8, 4) is 0 Å². The molecule has 5 heteroatoms. The van der Waals surface area contributed by atoms with Crippen LogP contribution >= 0.6 is 0 Å². The predicted octanol–water partition coefficient (Wildman–Crippen LogP) is 0.252. The molecule has 0 aliphatic carbocycles. The number of carbonyl (C=O) groups excluding carboxylic acids is 2. The van der Waals surface area contributed by atoms with E-state index >= 15 is 0 Å². The molecule has 2 unspecified atom stereocenters. The molecule has 0 aliphatic heterocycles. The molecule has 0 saturated carbocycles. The van der Waals surface area contributed by atoms with Gasteiger partial charge in [-0.25, -0.2) is 0 Å². The molecule has 0 rings (SSSR count). The fourth-order valence-electron chi connectivity index (χ4n) is 1.20. The zero-order valence-electron chi connectivity index (χ0n) is 10.7. The molecule has 16 heavy (non-hydrogen) atoms. The van der Waals surface area contributed by atoms with Crippen molar-refractivity contribution < 1.29 is 14.3 Å². The first-order valence-corrected chi connectivity index (χ1v) is 5.51. The Morgan fingerprint density at radius 1 is 1.31 bits per heavy atom. The monoisotopic (exact) mass is 230 g/mol. The lowest BCUT2D eigenvalue weighted by Crippen LogP contribution is -2.44. The highest BCUT2D eigenvalue weighted by Gasteiger charge is 2.18. The number of nitrogens with one attached hydrogen (secondary N) is 1. The summed E-state index contributed by atoms with van der Waals surface area (Å²) in [6.07, 6.45) is 0. The first-order valence-electron chi connectivity index (χ1n) is 5.51. The summed E-state index contributed by atoms with van der Waals surface area (Å²) in [6, 6.07) is -0.285. The first kappa shape index (κ1) is 14.9. The SMILES string of the molecule is CCOC(=O)C(C)CNC(C)C(=O)N(C)C. The lowest BCUT2D eigenvalue weighted by Gasteiger charge is -2.19. The van der Waals surface area contributed by atoms with E-state index in [1.807, 2.05) is 0 Å². The van der Waals surface area contributed by atoms with Crippen LogP contribution < -0.4 is 5.32 Å². The van der Waals surface area contributed by atoms with Gasteiger partial charge in [0.15, 0.2) is 0 Å². The Bertz CT molecular complexity index is 241. The molecule has 0 aliphatic rings. The molecule has 0 radical (unpaired) electrons. The molecule has 0 aromatic rings. The molecule has 2 atom stereocenters. The number of carbonyl (C=O) groups is 2. The minimum atomic E-state index is -0.285. The Morgan fingerprint density at radius 3 is 2.31 bits per heavy atom. The quantitative estimate of drug-likeness (QED) is 0.665. The summed E-state index contributed by atoms with van der Waals surface area (Å²) in [7, 11) is 3.41. The van der Waals surface area contributed by atoms with Gasteiger partial charge in [0.1, 0.15) is 0 Å². The third kappa shape index (κ3) is 5.11. The van der Waals surface area contributed by atoms with Crippen molar-refractivity contribution in [2.24, 2.45) is 5.92 Å². The standard InChI is InChI=1S/C11H22N2O3/c1-6-16-11(15)8(2)7-12-9(3)10(14)13(4)5/h8-9,12H,6-7H2,1-5H3. The van der Waals surface area contributed by atoms with E-state index in [1.165, 1.54) is 4.90 Å². The average Bonchev–Trinajstić information content (AvgIpc) is 2.24. The fourth-order valence-corrected chi connectivity index (χ4v) is 1.20. The van der Waals surface area contributed by atoms with Gasteiger partial charge in [-0.15, -0.1) is 0 Å². The van der Waals surface area contributed by atoms with Crippen LogP contribution in [0.5, 0.6) is 0 Å². The van der Waals surface area contributed by atoms with Crippen LogP contribution in [0.25, 0.3) is 0 Å². The highest BCUT2D eigenvalue weighted by atomic mass is 16.5. The minimum absolute atomic E-state index is 0.00365. The van der Waals surface area contributed by atoms with Crippen LogP contribution in [-0.4, -0.2) is 50.1 Å². The summed E-state index contributed by atoms with van der Waals surface area (Å²) in [5, 5.41) is 3.01. The Morgan fingerprint density at radius 2 is 1.88 bits per heavy atom. The molecular weight excluding hydrogens is 208 g/mol. The molecule has 1 amide bonds. The number of likely N-dealkylation sites (N-methyl/N-ethyl adjacent to an activating group) is 1. The Hall–Kier alpha value is -1.10. The first-order chi connectivity index (χ1) is 7.40. The summed E-state index contributed by atoms with van der Waals surface area (Å²) >= 11 is 0. The molecule has 0 aromatic carbocycles. The zero-order chi connectivity index (χ0) is 12.7. The van der Waals surface area contributed by atoms with Crippen LogP contribution in [0.15, 0.2) is 0 Å². The second-order valence-electron chi connectivity index (χ2n) is 4.02. The second-order valence-corrected chi connectivity index (χ2v) is 4.02. The van der Waals surface area contributed by atoms with E-state index in [9.17, 15) is 9.59 Å². The van der Waals surface area contributed by atoms with Crippen molar-refractivity contribution in [2.45, 2.75) is 26.8 Å². The van der Waals surface area contributed by atoms with Crippen molar-refractivity contribution >= 4 is 11.9 Å². The highest BCUT2D eigenvalue weighted by Crippen LogP contribution is 1.98. The maximum atomic E-state index is 11.5. The Kier molecular flexibility index (Phi) is 6.72. The normalized spacial score (nSPS) is 14.1. The number of hydrogen-bond donors (Lipinski definition) is 1. The molecular formula is C11H22N2O3. The summed E-state index contributed by atoms with van der Waals surface area (Å²) < 4.78 is 4.87. The van der Waals surface area contributed by atoms with Crippen LogP contribution in [0.3, 0.4) is 0 Å². The molecule has 0 saturated heterocycles. The number of hydrogen-bond acceptors (Lipinski definition) is 4. The molecule has 0 heterocycles. The fraction of sp³-hybridized carbons (Fsp3) is 0.818. The van der Waals surface area contributed by atoms with Gasteiger partial charge < -0.3 is 15.0 Å². The van der Waals surface area contributed by atoms with Crippen LogP contribution in [0.2, 0.25) is 0 Å². The second kappa shape index (κ2) is 7.22. The van der Waals surface area contributed by atoms with E-state index in [1.54, 1.807) is 34.9 Å². The van der Waals surface area contributed by atoms with Crippen molar-refractivity contribution in [3.05, 3.63) is 0 Å². The molecule has 94 valence electrons. The molecule has 0 bridgehead atoms. The van der Waals surface area contributed by atoms with E-state index < -0.39 is 0 Å². The van der Waals surface area contributed by atoms with Gasteiger partial charge in [-0.1, -0.05) is 6.92 Å². The van der Waals surface area contributed by atoms with Gasteiger partial charge in [-0.2, -0.15) is 0 Å². The molecule has 1 N–H and O–H groups in total. The lowest BCUT2D eigenvalue weighted by molar-refractivity contribution is -0.147. The van der Waals surface area contributed by atoms with Gasteiger partial charge in [-0.3, -0.25) is 9.59 Å². The molecule has 0 spiro atoms. The smallest absolute Gasteiger partial charge is 0.309 e. The number of esters is 1. The summed E-state index contributed by atoms with van der Waals surface area (Å²) in [4.78, 5) is 24.3. The van der Waals surface area contributed by atoms with Crippen molar-refractivity contribution in [3.63, 3.8) is 0 Å². The van der Waals surface area contributed by atoms with E-state index in [-0.39, 0.29) is 23.8 Å². The number of ether oxygens (including phenoxy) is 1. The lowest BCUT2D eigenvalue weighted by atomic mass is 10.1. The minimum Gasteiger partial charge on any atom is -0.466 e. The van der Waals surface area contributed by atoms with E-state index in [4.69, 9.17) is 4.74 Å². The van der Waals surface area contributed by atoms with Gasteiger partial charge in [0.2, 0.25) is 5.91 Å². The molecule has 5 nitrogen and oxygen atoms in total. The summed E-state index contributed by atoms with van der Waals surface area (Å²) in [5.41, 5.74) is 0. The molecule has 0 aromatic heterocycles. The topological polar surface area (TPSA) is 58.6 Å². The van der Waals surface area contributed by atoms with Gasteiger partial charge in [0.05, 0.1) is 18.6 Å². The zero-order valence-corrected chi connectivity index (χ0v) is 10.7. The maximum absolute atomic E-state index is 11.5. The van der Waals surface area contributed by atoms with Gasteiger partial charge in [0, 0.05) is 20.6 Å². The Labute approximate surface area is 97.1 Å². The summed E-state index contributed by atoms with van der Waals surface area (Å²) in [6.45, 7) is 6.16. The largest absolute Gasteiger partial charge is 0.466 e. The number of nitrogens with zero attached hydrogens (tertiary/aromatic N) is 1. The van der Waals surface area contributed by atoms with Crippen LogP contribution in [-0.2, 0) is 14.3 Å². The van der Waals surface area contributed by atoms with E-state index in [0.29, 0.717) is 13.2 Å². The van der Waals surface area contributed by atoms with Gasteiger partial charge in [-0.05, 0) is 13.8 Å². The van der Waals surface area contributed by atoms with Crippen molar-refractivity contribution in [1.82, 2.24) is 10.2 Å². The van der Waals surface area contributed by atoms with Crippen LogP contribution in [0.4, 0.5) is 0 Å². The van der Waals surface area contributed by atoms with E-state index in [0.717, 1.165) is 0 Å². The molecule has 0 fully saturated rings. The summed E-state index contributed by atoms with van der Waals surface area (Å²) in [5.74, 6) is -0.479.